The van der Waals surface area contributed by atoms with Crippen molar-refractivity contribution < 1.29 is 28.6 Å². The van der Waals surface area contributed by atoms with Gasteiger partial charge in [0.15, 0.2) is 11.5 Å². The maximum absolute atomic E-state index is 9.49. The number of methoxy groups -OCH3 is 1. The van der Waals surface area contributed by atoms with E-state index in [9.17, 15) is 14.4 Å². The largest absolute Gasteiger partial charge is 0.529 e. The third kappa shape index (κ3) is 1.39. The van der Waals surface area contributed by atoms with Crippen molar-refractivity contribution in [2.24, 2.45) is 0 Å². The first-order valence-electron chi connectivity index (χ1n) is 4.86. The van der Waals surface area contributed by atoms with Gasteiger partial charge in [-0.1, -0.05) is 0 Å². The maximum Gasteiger partial charge on any atom is 0.529 e. The molecule has 6 nitrogen and oxygen atoms in total. The molecule has 2 aliphatic rings. The van der Waals surface area contributed by atoms with Crippen LogP contribution in [0.4, 0.5) is 0 Å². The van der Waals surface area contributed by atoms with E-state index < -0.39 is 25.9 Å². The summed E-state index contributed by atoms with van der Waals surface area (Å²) in [7, 11) is -2.95. The minimum absolute atomic E-state index is 0.246. The third-order valence-corrected chi connectivity index (χ3v) is 5.38. The van der Waals surface area contributed by atoms with E-state index in [4.69, 9.17) is 14.2 Å². The highest BCUT2D eigenvalue weighted by Gasteiger charge is 2.74. The average Bonchev–Trinajstić information content (AvgIpc) is 1.97. The first-order chi connectivity index (χ1) is 6.85. The summed E-state index contributed by atoms with van der Waals surface area (Å²) in [5.74, 6) is 0. The van der Waals surface area contributed by atoms with Gasteiger partial charge in [0, 0.05) is 20.0 Å². The van der Waals surface area contributed by atoms with Gasteiger partial charge in [-0.25, -0.2) is 0 Å². The second kappa shape index (κ2) is 3.23. The van der Waals surface area contributed by atoms with Gasteiger partial charge < -0.3 is 28.6 Å². The summed E-state index contributed by atoms with van der Waals surface area (Å²) < 4.78 is 15.5. The van der Waals surface area contributed by atoms with Crippen molar-refractivity contribution >= 4 is 8.80 Å². The lowest BCUT2D eigenvalue weighted by Crippen LogP contribution is -2.81. The summed E-state index contributed by atoms with van der Waals surface area (Å²) in [4.78, 5) is 28.5. The molecule has 0 radical (unpaired) electrons. The second-order valence-corrected chi connectivity index (χ2v) is 6.36. The lowest BCUT2D eigenvalue weighted by atomic mass is 9.84. The van der Waals surface area contributed by atoms with Crippen molar-refractivity contribution in [1.82, 2.24) is 0 Å². The SMILES string of the molecule is COC1CC(C2(C)CCO2)([Si](O)(O)O)O1. The van der Waals surface area contributed by atoms with Crippen molar-refractivity contribution in [3.05, 3.63) is 0 Å². The molecular formula is C8H16O6Si. The van der Waals surface area contributed by atoms with Crippen LogP contribution < -0.4 is 0 Å². The lowest BCUT2D eigenvalue weighted by Gasteiger charge is -2.60. The summed E-state index contributed by atoms with van der Waals surface area (Å²) in [5, 5.41) is -1.38. The Balaban J connectivity index is 2.19. The standard InChI is InChI=1S/C8H16O6Si/c1-7(3-4-13-7)8(15(9,10)11)5-6(12-2)14-8/h6,9-11H,3-5H2,1-2H3. The third-order valence-electron chi connectivity index (χ3n) is 3.45. The highest BCUT2D eigenvalue weighted by atomic mass is 28.4. The van der Waals surface area contributed by atoms with E-state index in [2.05, 4.69) is 0 Å². The molecule has 0 aromatic carbocycles. The molecule has 0 aliphatic carbocycles. The first-order valence-corrected chi connectivity index (χ1v) is 6.70. The molecule has 3 atom stereocenters. The van der Waals surface area contributed by atoms with E-state index in [0.717, 1.165) is 0 Å². The highest BCUT2D eigenvalue weighted by Crippen LogP contribution is 2.51. The van der Waals surface area contributed by atoms with E-state index in [1.807, 2.05) is 0 Å². The normalized spacial score (nSPS) is 45.8. The van der Waals surface area contributed by atoms with E-state index in [1.165, 1.54) is 7.11 Å². The molecule has 2 rings (SSSR count). The summed E-state index contributed by atoms with van der Waals surface area (Å²) in [6, 6.07) is 0. The van der Waals surface area contributed by atoms with Crippen molar-refractivity contribution in [2.75, 3.05) is 13.7 Å². The molecule has 2 heterocycles. The quantitative estimate of drug-likeness (QED) is 0.531. The van der Waals surface area contributed by atoms with Gasteiger partial charge in [0.25, 0.3) is 0 Å². The molecule has 3 N–H and O–H groups in total. The zero-order valence-corrected chi connectivity index (χ0v) is 9.77. The lowest BCUT2D eigenvalue weighted by molar-refractivity contribution is -0.361. The van der Waals surface area contributed by atoms with E-state index in [1.54, 1.807) is 6.92 Å². The predicted molar refractivity (Wildman–Crippen MR) is 50.6 cm³/mol. The molecule has 0 bridgehead atoms. The second-order valence-electron chi connectivity index (χ2n) is 4.28. The van der Waals surface area contributed by atoms with Crippen LogP contribution in [0, 0.1) is 0 Å². The van der Waals surface area contributed by atoms with Gasteiger partial charge in [-0.3, -0.25) is 0 Å². The van der Waals surface area contributed by atoms with Gasteiger partial charge in [-0.05, 0) is 6.92 Å². The van der Waals surface area contributed by atoms with Crippen LogP contribution in [0.15, 0.2) is 0 Å². The molecule has 2 aliphatic heterocycles. The van der Waals surface area contributed by atoms with Gasteiger partial charge in [-0.15, -0.1) is 0 Å². The van der Waals surface area contributed by atoms with Crippen LogP contribution in [0.25, 0.3) is 0 Å². The van der Waals surface area contributed by atoms with E-state index in [0.29, 0.717) is 13.0 Å². The minimum Gasteiger partial charge on any atom is -0.388 e. The van der Waals surface area contributed by atoms with Crippen LogP contribution in [0.1, 0.15) is 19.8 Å². The molecule has 3 unspecified atom stereocenters. The average molecular weight is 236 g/mol. The van der Waals surface area contributed by atoms with Crippen LogP contribution in [0.3, 0.4) is 0 Å². The summed E-state index contributed by atoms with van der Waals surface area (Å²) in [6.45, 7) is 2.26. The fourth-order valence-electron chi connectivity index (χ4n) is 2.22. The Bertz CT molecular complexity index is 252. The Morgan fingerprint density at radius 2 is 1.93 bits per heavy atom. The van der Waals surface area contributed by atoms with Crippen molar-refractivity contribution in [1.29, 1.82) is 0 Å². The Labute approximate surface area is 88.8 Å². The number of hydrogen-bond donors (Lipinski definition) is 3. The Hall–Kier alpha value is -0.0231. The Morgan fingerprint density at radius 1 is 1.40 bits per heavy atom. The zero-order valence-electron chi connectivity index (χ0n) is 8.77. The molecule has 2 fully saturated rings. The predicted octanol–water partition coefficient (Wildman–Crippen LogP) is -1.25. The number of rotatable bonds is 3. The number of hydrogen-bond acceptors (Lipinski definition) is 6. The van der Waals surface area contributed by atoms with Gasteiger partial charge >= 0.3 is 8.80 Å². The van der Waals surface area contributed by atoms with Crippen molar-refractivity contribution in [3.8, 4) is 0 Å². The number of ether oxygens (including phenoxy) is 3. The topological polar surface area (TPSA) is 88.4 Å². The van der Waals surface area contributed by atoms with Gasteiger partial charge in [0.2, 0.25) is 0 Å². The summed E-state index contributed by atoms with van der Waals surface area (Å²) >= 11 is 0. The molecule has 0 aromatic rings. The fraction of sp³-hybridized carbons (Fsp3) is 1.00. The molecule has 0 aromatic heterocycles. The van der Waals surface area contributed by atoms with E-state index in [-0.39, 0.29) is 6.42 Å². The molecule has 7 heteroatoms. The smallest absolute Gasteiger partial charge is 0.388 e. The molecule has 88 valence electrons. The Kier molecular flexibility index (Phi) is 2.47. The Morgan fingerprint density at radius 3 is 2.20 bits per heavy atom. The fourth-order valence-corrected chi connectivity index (χ4v) is 3.86. The molecule has 2 saturated heterocycles. The van der Waals surface area contributed by atoms with Crippen molar-refractivity contribution in [2.45, 2.75) is 36.9 Å². The highest BCUT2D eigenvalue weighted by molar-refractivity contribution is 6.60. The van der Waals surface area contributed by atoms with Gasteiger partial charge in [0.05, 0.1) is 6.61 Å². The summed E-state index contributed by atoms with van der Waals surface area (Å²) in [6.07, 6.45) is 0.389. The monoisotopic (exact) mass is 236 g/mol. The van der Waals surface area contributed by atoms with Crippen LogP contribution in [0.2, 0.25) is 0 Å². The molecule has 0 saturated carbocycles. The molecule has 15 heavy (non-hydrogen) atoms. The van der Waals surface area contributed by atoms with Crippen LogP contribution >= 0.6 is 0 Å². The molecular weight excluding hydrogens is 220 g/mol. The first kappa shape index (κ1) is 11.5. The zero-order chi connectivity index (χ0) is 11.3. The van der Waals surface area contributed by atoms with Crippen LogP contribution in [-0.2, 0) is 14.2 Å². The van der Waals surface area contributed by atoms with Gasteiger partial charge in [-0.2, -0.15) is 0 Å². The maximum atomic E-state index is 9.49. The van der Waals surface area contributed by atoms with Gasteiger partial charge in [0.1, 0.15) is 5.60 Å². The van der Waals surface area contributed by atoms with Crippen LogP contribution in [-0.4, -0.2) is 54.0 Å². The minimum atomic E-state index is -4.41. The van der Waals surface area contributed by atoms with E-state index >= 15 is 0 Å². The molecule has 0 spiro atoms. The van der Waals surface area contributed by atoms with Crippen molar-refractivity contribution in [3.63, 3.8) is 0 Å². The molecule has 0 amide bonds. The van der Waals surface area contributed by atoms with Crippen LogP contribution in [0.5, 0.6) is 0 Å². The summed E-state index contributed by atoms with van der Waals surface area (Å²) in [5.41, 5.74) is -0.813.